The van der Waals surface area contributed by atoms with Gasteiger partial charge in [-0.05, 0) is 38.1 Å². The third kappa shape index (κ3) is 2.29. The first-order valence-corrected chi connectivity index (χ1v) is 5.94. The molecule has 1 saturated heterocycles. The van der Waals surface area contributed by atoms with E-state index in [-0.39, 0.29) is 11.8 Å². The van der Waals surface area contributed by atoms with Crippen LogP contribution in [0.5, 0.6) is 0 Å². The van der Waals surface area contributed by atoms with Gasteiger partial charge in [-0.25, -0.2) is 0 Å². The SMILES string of the molecule is CC1C(=O)NC(=O)C(C)N1c1ccc(C(N)=O)cc1. The molecule has 1 aliphatic rings. The number of carbonyl (C=O) groups excluding carboxylic acids is 3. The van der Waals surface area contributed by atoms with Crippen LogP contribution in [-0.2, 0) is 9.59 Å². The number of nitrogens with two attached hydrogens (primary N) is 1. The maximum absolute atomic E-state index is 11.7. The molecule has 1 fully saturated rings. The Balaban J connectivity index is 2.35. The maximum Gasteiger partial charge on any atom is 0.249 e. The Labute approximate surface area is 110 Å². The predicted octanol–water partition coefficient (Wildman–Crippen LogP) is 0.0253. The average molecular weight is 261 g/mol. The topological polar surface area (TPSA) is 92.5 Å². The number of nitrogens with zero attached hydrogens (tertiary/aromatic N) is 1. The average Bonchev–Trinajstić information content (AvgIpc) is 2.37. The van der Waals surface area contributed by atoms with E-state index in [4.69, 9.17) is 5.73 Å². The molecule has 0 spiro atoms. The Morgan fingerprint density at radius 2 is 1.58 bits per heavy atom. The van der Waals surface area contributed by atoms with Crippen LogP contribution >= 0.6 is 0 Å². The summed E-state index contributed by atoms with van der Waals surface area (Å²) in [5.74, 6) is -1.18. The molecule has 1 heterocycles. The van der Waals surface area contributed by atoms with Crippen LogP contribution in [0.15, 0.2) is 24.3 Å². The molecule has 2 rings (SSSR count). The highest BCUT2D eigenvalue weighted by atomic mass is 16.2. The summed E-state index contributed by atoms with van der Waals surface area (Å²) < 4.78 is 0. The van der Waals surface area contributed by atoms with E-state index in [9.17, 15) is 14.4 Å². The molecule has 3 N–H and O–H groups in total. The molecule has 1 aromatic carbocycles. The van der Waals surface area contributed by atoms with Gasteiger partial charge in [0.2, 0.25) is 17.7 Å². The number of rotatable bonds is 2. The molecule has 0 radical (unpaired) electrons. The lowest BCUT2D eigenvalue weighted by atomic mass is 10.1. The minimum Gasteiger partial charge on any atom is -0.366 e. The number of anilines is 1. The van der Waals surface area contributed by atoms with E-state index in [0.717, 1.165) is 0 Å². The fourth-order valence-corrected chi connectivity index (χ4v) is 2.16. The minimum absolute atomic E-state index is 0.331. The summed E-state index contributed by atoms with van der Waals surface area (Å²) in [4.78, 5) is 36.0. The number of amides is 3. The zero-order valence-electron chi connectivity index (χ0n) is 10.7. The van der Waals surface area contributed by atoms with Crippen molar-refractivity contribution >= 4 is 23.4 Å². The summed E-state index contributed by atoms with van der Waals surface area (Å²) in [6.45, 7) is 3.44. The van der Waals surface area contributed by atoms with Gasteiger partial charge in [0.05, 0.1) is 0 Å². The molecule has 100 valence electrons. The number of benzene rings is 1. The van der Waals surface area contributed by atoms with Gasteiger partial charge in [-0.3, -0.25) is 19.7 Å². The lowest BCUT2D eigenvalue weighted by Crippen LogP contribution is -2.61. The van der Waals surface area contributed by atoms with Crippen molar-refractivity contribution in [1.82, 2.24) is 5.32 Å². The summed E-state index contributed by atoms with van der Waals surface area (Å²) in [6.07, 6.45) is 0. The van der Waals surface area contributed by atoms with Gasteiger partial charge in [-0.2, -0.15) is 0 Å². The van der Waals surface area contributed by atoms with Gasteiger partial charge in [0.1, 0.15) is 12.1 Å². The molecule has 2 atom stereocenters. The maximum atomic E-state index is 11.7. The van der Waals surface area contributed by atoms with E-state index >= 15 is 0 Å². The molecule has 0 saturated carbocycles. The summed E-state index contributed by atoms with van der Waals surface area (Å²) in [5, 5.41) is 2.31. The van der Waals surface area contributed by atoms with Crippen molar-refractivity contribution in [2.24, 2.45) is 5.73 Å². The summed E-state index contributed by atoms with van der Waals surface area (Å²) in [7, 11) is 0. The van der Waals surface area contributed by atoms with E-state index < -0.39 is 18.0 Å². The molecule has 0 bridgehead atoms. The van der Waals surface area contributed by atoms with Crippen molar-refractivity contribution in [3.63, 3.8) is 0 Å². The molecular formula is C13H15N3O3. The molecule has 19 heavy (non-hydrogen) atoms. The van der Waals surface area contributed by atoms with E-state index in [1.165, 1.54) is 0 Å². The van der Waals surface area contributed by atoms with E-state index in [0.29, 0.717) is 11.3 Å². The Bertz CT molecular complexity index is 519. The fourth-order valence-electron chi connectivity index (χ4n) is 2.16. The zero-order chi connectivity index (χ0) is 14.2. The number of nitrogens with one attached hydrogen (secondary N) is 1. The lowest BCUT2D eigenvalue weighted by Gasteiger charge is -2.38. The van der Waals surface area contributed by atoms with Crippen LogP contribution in [0, 0.1) is 0 Å². The number of piperazine rings is 1. The van der Waals surface area contributed by atoms with Crippen LogP contribution in [-0.4, -0.2) is 29.8 Å². The molecule has 1 aliphatic heterocycles. The summed E-state index contributed by atoms with van der Waals surface area (Å²) in [6, 6.07) is 5.61. The molecule has 2 unspecified atom stereocenters. The number of primary amides is 1. The molecule has 0 aromatic heterocycles. The van der Waals surface area contributed by atoms with E-state index in [1.54, 1.807) is 43.0 Å². The van der Waals surface area contributed by atoms with Crippen molar-refractivity contribution < 1.29 is 14.4 Å². The second kappa shape index (κ2) is 4.72. The highest BCUT2D eigenvalue weighted by molar-refractivity contribution is 6.06. The van der Waals surface area contributed by atoms with Crippen molar-refractivity contribution in [3.05, 3.63) is 29.8 Å². The van der Waals surface area contributed by atoms with Gasteiger partial charge in [-0.15, -0.1) is 0 Å². The quantitative estimate of drug-likeness (QED) is 0.734. The summed E-state index contributed by atoms with van der Waals surface area (Å²) in [5.41, 5.74) is 6.26. The van der Waals surface area contributed by atoms with Gasteiger partial charge in [-0.1, -0.05) is 0 Å². The molecular weight excluding hydrogens is 246 g/mol. The molecule has 1 aromatic rings. The number of imide groups is 1. The van der Waals surface area contributed by atoms with Gasteiger partial charge in [0.15, 0.2) is 0 Å². The smallest absolute Gasteiger partial charge is 0.249 e. The van der Waals surface area contributed by atoms with Crippen molar-refractivity contribution in [3.8, 4) is 0 Å². The predicted molar refractivity (Wildman–Crippen MR) is 69.5 cm³/mol. The van der Waals surface area contributed by atoms with Crippen LogP contribution in [0.2, 0.25) is 0 Å². The molecule has 0 aliphatic carbocycles. The largest absolute Gasteiger partial charge is 0.366 e. The third-order valence-corrected chi connectivity index (χ3v) is 3.29. The third-order valence-electron chi connectivity index (χ3n) is 3.29. The highest BCUT2D eigenvalue weighted by Gasteiger charge is 2.36. The lowest BCUT2D eigenvalue weighted by molar-refractivity contribution is -0.134. The fraction of sp³-hybridized carbons (Fsp3) is 0.308. The van der Waals surface area contributed by atoms with Crippen molar-refractivity contribution in [1.29, 1.82) is 0 Å². The Kier molecular flexibility index (Phi) is 3.25. The first-order chi connectivity index (χ1) is 8.91. The zero-order valence-corrected chi connectivity index (χ0v) is 10.7. The van der Waals surface area contributed by atoms with Crippen LogP contribution in [0.1, 0.15) is 24.2 Å². The molecule has 6 nitrogen and oxygen atoms in total. The molecule has 3 amide bonds. The van der Waals surface area contributed by atoms with Crippen molar-refractivity contribution in [2.75, 3.05) is 4.90 Å². The first kappa shape index (κ1) is 13.1. The monoisotopic (exact) mass is 261 g/mol. The van der Waals surface area contributed by atoms with Crippen LogP contribution < -0.4 is 16.0 Å². The van der Waals surface area contributed by atoms with Gasteiger partial charge >= 0.3 is 0 Å². The van der Waals surface area contributed by atoms with E-state index in [1.807, 2.05) is 0 Å². The van der Waals surface area contributed by atoms with Crippen LogP contribution in [0.25, 0.3) is 0 Å². The number of hydrogen-bond donors (Lipinski definition) is 2. The standard InChI is InChI=1S/C13H15N3O3/c1-7-12(18)15-13(19)8(2)16(7)10-5-3-9(4-6-10)11(14)17/h3-8H,1-2H3,(H2,14,17)(H,15,18,19). The number of carbonyl (C=O) groups is 3. The number of hydrogen-bond acceptors (Lipinski definition) is 4. The van der Waals surface area contributed by atoms with E-state index in [2.05, 4.69) is 5.32 Å². The van der Waals surface area contributed by atoms with Gasteiger partial charge in [0, 0.05) is 11.3 Å². The summed E-state index contributed by atoms with van der Waals surface area (Å²) >= 11 is 0. The van der Waals surface area contributed by atoms with Gasteiger partial charge < -0.3 is 10.6 Å². The Morgan fingerprint density at radius 1 is 1.11 bits per heavy atom. The Hall–Kier alpha value is -2.37. The molecule has 6 heteroatoms. The normalized spacial score (nSPS) is 23.2. The van der Waals surface area contributed by atoms with Crippen molar-refractivity contribution in [2.45, 2.75) is 25.9 Å². The van der Waals surface area contributed by atoms with Crippen LogP contribution in [0.4, 0.5) is 5.69 Å². The van der Waals surface area contributed by atoms with Gasteiger partial charge in [0.25, 0.3) is 0 Å². The second-order valence-corrected chi connectivity index (χ2v) is 4.52. The minimum atomic E-state index is -0.514. The van der Waals surface area contributed by atoms with Crippen LogP contribution in [0.3, 0.4) is 0 Å². The second-order valence-electron chi connectivity index (χ2n) is 4.52. The Morgan fingerprint density at radius 3 is 2.00 bits per heavy atom. The highest BCUT2D eigenvalue weighted by Crippen LogP contribution is 2.23. The first-order valence-electron chi connectivity index (χ1n) is 5.94.